The third kappa shape index (κ3) is 2.72. The van der Waals surface area contributed by atoms with Crippen molar-refractivity contribution < 1.29 is 20.1 Å². The van der Waals surface area contributed by atoms with Gasteiger partial charge < -0.3 is 0 Å². The molecule has 0 fully saturated rings. The zero-order valence-corrected chi connectivity index (χ0v) is 13.8. The first-order valence-electron chi connectivity index (χ1n) is 6.31. The van der Waals surface area contributed by atoms with Gasteiger partial charge in [0.15, 0.2) is 5.82 Å². The predicted molar refractivity (Wildman–Crippen MR) is 76.3 cm³/mol. The number of hydrogen-bond acceptors (Lipinski definition) is 2. The molecule has 0 spiro atoms. The molecular formula is C16H15IrN3. The summed E-state index contributed by atoms with van der Waals surface area (Å²) in [6.07, 6.45) is 0. The minimum atomic E-state index is 0. The Hall–Kier alpha value is -1.77. The van der Waals surface area contributed by atoms with Gasteiger partial charge in [-0.05, 0) is 25.5 Å². The molecule has 0 unspecified atom stereocenters. The third-order valence-electron chi connectivity index (χ3n) is 3.09. The van der Waals surface area contributed by atoms with Gasteiger partial charge in [-0.15, -0.1) is 0 Å². The van der Waals surface area contributed by atoms with Gasteiger partial charge in [-0.3, -0.25) is 0 Å². The van der Waals surface area contributed by atoms with Gasteiger partial charge in [0.1, 0.15) is 5.82 Å². The largest absolute Gasteiger partial charge is 0.213 e. The van der Waals surface area contributed by atoms with E-state index in [2.05, 4.69) is 41.3 Å². The van der Waals surface area contributed by atoms with Crippen molar-refractivity contribution in [3.8, 4) is 17.1 Å². The Labute approximate surface area is 132 Å². The van der Waals surface area contributed by atoms with Crippen molar-refractivity contribution in [2.75, 3.05) is 0 Å². The van der Waals surface area contributed by atoms with Crippen LogP contribution in [0.5, 0.6) is 0 Å². The van der Waals surface area contributed by atoms with Crippen LogP contribution in [0.2, 0.25) is 0 Å². The number of hydrogen-bond donors (Lipinski definition) is 0. The number of para-hydroxylation sites is 1. The van der Waals surface area contributed by atoms with E-state index in [1.165, 1.54) is 5.56 Å². The Kier molecular flexibility index (Phi) is 4.48. The Morgan fingerprint density at radius 1 is 0.850 bits per heavy atom. The van der Waals surface area contributed by atoms with E-state index in [1.807, 2.05) is 41.9 Å². The summed E-state index contributed by atoms with van der Waals surface area (Å²) in [5, 5.41) is 4.52. The molecule has 2 aromatic carbocycles. The van der Waals surface area contributed by atoms with Gasteiger partial charge in [-0.25, -0.2) is 9.67 Å². The molecule has 0 atom stereocenters. The van der Waals surface area contributed by atoms with Crippen LogP contribution in [0.3, 0.4) is 0 Å². The summed E-state index contributed by atoms with van der Waals surface area (Å²) in [5.74, 6) is 1.66. The molecule has 4 heteroatoms. The fourth-order valence-corrected chi connectivity index (χ4v) is 2.16. The molecule has 0 aliphatic rings. The zero-order chi connectivity index (χ0) is 13.2. The van der Waals surface area contributed by atoms with Crippen molar-refractivity contribution >= 4 is 0 Å². The average molecular weight is 442 g/mol. The molecule has 0 saturated carbocycles. The minimum absolute atomic E-state index is 0. The average Bonchev–Trinajstić information content (AvgIpc) is 2.82. The monoisotopic (exact) mass is 442 g/mol. The zero-order valence-electron chi connectivity index (χ0n) is 11.4. The van der Waals surface area contributed by atoms with Crippen LogP contribution in [0.4, 0.5) is 0 Å². The second-order valence-corrected chi connectivity index (χ2v) is 4.55. The van der Waals surface area contributed by atoms with Crippen LogP contribution < -0.4 is 0 Å². The molecular weight excluding hydrogens is 426 g/mol. The molecule has 1 heterocycles. The molecule has 3 nitrogen and oxygen atoms in total. The first-order chi connectivity index (χ1) is 9.25. The van der Waals surface area contributed by atoms with Crippen LogP contribution in [-0.2, 0) is 20.1 Å². The van der Waals surface area contributed by atoms with E-state index in [-0.39, 0.29) is 20.1 Å². The summed E-state index contributed by atoms with van der Waals surface area (Å²) in [4.78, 5) is 4.55. The van der Waals surface area contributed by atoms with Crippen molar-refractivity contribution in [3.05, 3.63) is 66.0 Å². The van der Waals surface area contributed by atoms with E-state index in [0.717, 1.165) is 22.9 Å². The second-order valence-electron chi connectivity index (χ2n) is 4.55. The SMILES string of the molecule is Cc1nc(-c2ccccc2)n(-c2ccccc2C)n1.[Ir]. The van der Waals surface area contributed by atoms with Crippen LogP contribution in [0, 0.1) is 13.8 Å². The van der Waals surface area contributed by atoms with Crippen molar-refractivity contribution in [3.63, 3.8) is 0 Å². The van der Waals surface area contributed by atoms with E-state index in [9.17, 15) is 0 Å². The molecule has 1 radical (unpaired) electrons. The maximum Gasteiger partial charge on any atom is 0.163 e. The molecule has 0 bridgehead atoms. The summed E-state index contributed by atoms with van der Waals surface area (Å²) in [7, 11) is 0. The van der Waals surface area contributed by atoms with Crippen molar-refractivity contribution in [1.29, 1.82) is 0 Å². The third-order valence-corrected chi connectivity index (χ3v) is 3.09. The number of aromatic nitrogens is 3. The Morgan fingerprint density at radius 2 is 1.50 bits per heavy atom. The van der Waals surface area contributed by atoms with Crippen LogP contribution >= 0.6 is 0 Å². The first-order valence-corrected chi connectivity index (χ1v) is 6.31. The van der Waals surface area contributed by atoms with Crippen LogP contribution in [-0.4, -0.2) is 14.8 Å². The van der Waals surface area contributed by atoms with Crippen molar-refractivity contribution in [2.24, 2.45) is 0 Å². The standard InChI is InChI=1S/C16H15N3.Ir/c1-12-8-6-7-11-15(12)19-16(17-13(2)18-19)14-9-4-3-5-10-14;/h3-11H,1-2H3;. The summed E-state index contributed by atoms with van der Waals surface area (Å²) >= 11 is 0. The fourth-order valence-electron chi connectivity index (χ4n) is 2.16. The number of benzene rings is 2. The normalized spacial score (nSPS) is 10.1. The first kappa shape index (κ1) is 14.6. The summed E-state index contributed by atoms with van der Waals surface area (Å²) in [6, 6.07) is 18.3. The summed E-state index contributed by atoms with van der Waals surface area (Å²) < 4.78 is 1.92. The molecule has 103 valence electrons. The molecule has 0 amide bonds. The quantitative estimate of drug-likeness (QED) is 0.609. The van der Waals surface area contributed by atoms with Crippen molar-refractivity contribution in [2.45, 2.75) is 13.8 Å². The second kappa shape index (κ2) is 6.12. The van der Waals surface area contributed by atoms with E-state index in [0.29, 0.717) is 0 Å². The number of rotatable bonds is 2. The molecule has 0 aliphatic carbocycles. The van der Waals surface area contributed by atoms with Gasteiger partial charge in [0, 0.05) is 25.7 Å². The van der Waals surface area contributed by atoms with Gasteiger partial charge in [0.2, 0.25) is 0 Å². The molecule has 3 rings (SSSR count). The van der Waals surface area contributed by atoms with Gasteiger partial charge in [-0.2, -0.15) is 5.10 Å². The maximum atomic E-state index is 4.55. The Morgan fingerprint density at radius 3 is 2.20 bits per heavy atom. The molecule has 1 aromatic heterocycles. The summed E-state index contributed by atoms with van der Waals surface area (Å²) in [6.45, 7) is 4.00. The topological polar surface area (TPSA) is 30.7 Å². The van der Waals surface area contributed by atoms with E-state index >= 15 is 0 Å². The van der Waals surface area contributed by atoms with Crippen LogP contribution in [0.15, 0.2) is 54.6 Å². The molecule has 3 aromatic rings. The molecule has 0 saturated heterocycles. The van der Waals surface area contributed by atoms with E-state index in [4.69, 9.17) is 0 Å². The van der Waals surface area contributed by atoms with Gasteiger partial charge >= 0.3 is 0 Å². The van der Waals surface area contributed by atoms with Crippen molar-refractivity contribution in [1.82, 2.24) is 14.8 Å². The Balaban J connectivity index is 0.00000147. The van der Waals surface area contributed by atoms with Gasteiger partial charge in [0.25, 0.3) is 0 Å². The summed E-state index contributed by atoms with van der Waals surface area (Å²) in [5.41, 5.74) is 3.33. The molecule has 20 heavy (non-hydrogen) atoms. The molecule has 0 aliphatic heterocycles. The van der Waals surface area contributed by atoms with E-state index in [1.54, 1.807) is 0 Å². The van der Waals surface area contributed by atoms with Crippen LogP contribution in [0.25, 0.3) is 17.1 Å². The smallest absolute Gasteiger partial charge is 0.163 e. The number of aryl methyl sites for hydroxylation is 2. The maximum absolute atomic E-state index is 4.55. The van der Waals surface area contributed by atoms with E-state index < -0.39 is 0 Å². The fraction of sp³-hybridized carbons (Fsp3) is 0.125. The molecule has 0 N–H and O–H groups in total. The minimum Gasteiger partial charge on any atom is -0.213 e. The van der Waals surface area contributed by atoms with Gasteiger partial charge in [0.05, 0.1) is 5.69 Å². The van der Waals surface area contributed by atoms with Gasteiger partial charge in [-0.1, -0.05) is 48.5 Å². The number of nitrogens with zero attached hydrogens (tertiary/aromatic N) is 3. The Bertz CT molecular complexity index is 705. The van der Waals surface area contributed by atoms with Crippen LogP contribution in [0.1, 0.15) is 11.4 Å². The predicted octanol–water partition coefficient (Wildman–Crippen LogP) is 3.55.